The fraction of sp³-hybridized carbons (Fsp3) is 0.350. The Morgan fingerprint density at radius 3 is 2.61 bits per heavy atom. The van der Waals surface area contributed by atoms with Gasteiger partial charge < -0.3 is 10.3 Å². The summed E-state index contributed by atoms with van der Waals surface area (Å²) in [5.41, 5.74) is 2.75. The van der Waals surface area contributed by atoms with Gasteiger partial charge in [0.15, 0.2) is 0 Å². The van der Waals surface area contributed by atoms with Gasteiger partial charge in [0, 0.05) is 0 Å². The van der Waals surface area contributed by atoms with Crippen molar-refractivity contribution in [2.24, 2.45) is 5.92 Å². The SMILES string of the molecule is O=S1(=O)N[C@@H](C2CCN(Cc3nc4ccccc4[nH]3)CC2)Nc2ccccc21. The number of piperidine rings is 1. The Balaban J connectivity index is 1.24. The zero-order chi connectivity index (χ0) is 19.1. The molecule has 8 heteroatoms. The van der Waals surface area contributed by atoms with Crippen LogP contribution < -0.4 is 10.0 Å². The summed E-state index contributed by atoms with van der Waals surface area (Å²) in [6.07, 6.45) is 1.61. The number of benzene rings is 2. The van der Waals surface area contributed by atoms with E-state index in [1.165, 1.54) is 0 Å². The third-order valence-corrected chi connectivity index (χ3v) is 7.18. The molecule has 1 aromatic heterocycles. The number of aromatic amines is 1. The second kappa shape index (κ2) is 6.88. The van der Waals surface area contributed by atoms with Crippen molar-refractivity contribution < 1.29 is 8.42 Å². The molecule has 2 aromatic carbocycles. The number of nitrogens with zero attached hydrogens (tertiary/aromatic N) is 2. The number of hydrogen-bond donors (Lipinski definition) is 3. The molecule has 3 N–H and O–H groups in total. The molecule has 1 atom stereocenters. The molecule has 3 aromatic rings. The van der Waals surface area contributed by atoms with Crippen molar-refractivity contribution in [1.82, 2.24) is 19.6 Å². The predicted octanol–water partition coefficient (Wildman–Crippen LogP) is 2.50. The van der Waals surface area contributed by atoms with Crippen molar-refractivity contribution >= 4 is 26.7 Å². The molecule has 0 spiro atoms. The molecule has 0 saturated carbocycles. The number of fused-ring (bicyclic) bond motifs is 2. The Morgan fingerprint density at radius 1 is 1.04 bits per heavy atom. The summed E-state index contributed by atoms with van der Waals surface area (Å²) in [5.74, 6) is 1.24. The summed E-state index contributed by atoms with van der Waals surface area (Å²) in [7, 11) is -3.46. The Hall–Kier alpha value is -2.42. The van der Waals surface area contributed by atoms with E-state index in [0.29, 0.717) is 10.6 Å². The molecule has 2 aliphatic heterocycles. The molecule has 146 valence electrons. The quantitative estimate of drug-likeness (QED) is 0.632. The molecule has 5 rings (SSSR count). The summed E-state index contributed by atoms with van der Waals surface area (Å²) < 4.78 is 27.9. The van der Waals surface area contributed by atoms with Crippen LogP contribution in [0.3, 0.4) is 0 Å². The highest BCUT2D eigenvalue weighted by atomic mass is 32.2. The minimum Gasteiger partial charge on any atom is -0.368 e. The van der Waals surface area contributed by atoms with Crippen LogP contribution in [0.2, 0.25) is 0 Å². The number of para-hydroxylation sites is 3. The number of likely N-dealkylation sites (tertiary alicyclic amines) is 1. The largest absolute Gasteiger partial charge is 0.368 e. The van der Waals surface area contributed by atoms with E-state index in [1.807, 2.05) is 36.4 Å². The van der Waals surface area contributed by atoms with Crippen LogP contribution >= 0.6 is 0 Å². The predicted molar refractivity (Wildman–Crippen MR) is 108 cm³/mol. The standard InChI is InChI=1S/C20H23N5O2S/c26-28(27)18-8-4-3-7-17(18)23-20(24-28)14-9-11-25(12-10-14)13-19-21-15-5-1-2-6-16(15)22-19/h1-8,14,20,23-24H,9-13H2,(H,21,22)/t20-/m0/s1. The van der Waals surface area contributed by atoms with Crippen molar-refractivity contribution in [3.63, 3.8) is 0 Å². The highest BCUT2D eigenvalue weighted by molar-refractivity contribution is 7.89. The molecule has 0 radical (unpaired) electrons. The lowest BCUT2D eigenvalue weighted by Gasteiger charge is -2.38. The lowest BCUT2D eigenvalue weighted by Crippen LogP contribution is -2.51. The van der Waals surface area contributed by atoms with E-state index in [1.54, 1.807) is 12.1 Å². The third kappa shape index (κ3) is 3.28. The van der Waals surface area contributed by atoms with Gasteiger partial charge in [0.2, 0.25) is 10.0 Å². The molecular formula is C20H23N5O2S. The van der Waals surface area contributed by atoms with E-state index < -0.39 is 10.0 Å². The van der Waals surface area contributed by atoms with Gasteiger partial charge in [-0.05, 0) is 56.1 Å². The number of aromatic nitrogens is 2. The smallest absolute Gasteiger partial charge is 0.244 e. The van der Waals surface area contributed by atoms with Crippen molar-refractivity contribution in [2.75, 3.05) is 18.4 Å². The number of hydrogen-bond acceptors (Lipinski definition) is 5. The van der Waals surface area contributed by atoms with Gasteiger partial charge in [0.25, 0.3) is 0 Å². The van der Waals surface area contributed by atoms with Gasteiger partial charge in [-0.25, -0.2) is 13.4 Å². The van der Waals surface area contributed by atoms with Crippen LogP contribution in [0.25, 0.3) is 11.0 Å². The molecule has 0 aliphatic carbocycles. The average molecular weight is 398 g/mol. The van der Waals surface area contributed by atoms with Crippen molar-refractivity contribution in [3.05, 3.63) is 54.4 Å². The number of sulfonamides is 1. The number of imidazole rings is 1. The van der Waals surface area contributed by atoms with Crippen LogP contribution in [0.4, 0.5) is 5.69 Å². The average Bonchev–Trinajstić information content (AvgIpc) is 3.10. The van der Waals surface area contributed by atoms with Gasteiger partial charge in [-0.15, -0.1) is 0 Å². The van der Waals surface area contributed by atoms with Gasteiger partial charge in [0.1, 0.15) is 10.7 Å². The Kier molecular flexibility index (Phi) is 4.34. The van der Waals surface area contributed by atoms with E-state index in [0.717, 1.165) is 49.3 Å². The maximum atomic E-state index is 12.5. The highest BCUT2D eigenvalue weighted by Gasteiger charge is 2.35. The van der Waals surface area contributed by atoms with Crippen LogP contribution in [0.5, 0.6) is 0 Å². The Labute approximate surface area is 164 Å². The summed E-state index contributed by atoms with van der Waals surface area (Å²) in [6.45, 7) is 2.63. The first-order valence-electron chi connectivity index (χ1n) is 9.62. The zero-order valence-electron chi connectivity index (χ0n) is 15.4. The lowest BCUT2D eigenvalue weighted by molar-refractivity contribution is 0.161. The topological polar surface area (TPSA) is 90.1 Å². The summed E-state index contributed by atoms with van der Waals surface area (Å²) in [4.78, 5) is 10.7. The minimum absolute atomic E-state index is 0.256. The lowest BCUT2D eigenvalue weighted by atomic mass is 9.93. The van der Waals surface area contributed by atoms with Gasteiger partial charge in [-0.2, -0.15) is 4.72 Å². The van der Waals surface area contributed by atoms with Gasteiger partial charge in [-0.1, -0.05) is 24.3 Å². The fourth-order valence-corrected chi connectivity index (χ4v) is 5.59. The van der Waals surface area contributed by atoms with Crippen LogP contribution in [0.15, 0.2) is 53.4 Å². The first-order valence-corrected chi connectivity index (χ1v) is 11.1. The minimum atomic E-state index is -3.46. The Morgan fingerprint density at radius 2 is 1.79 bits per heavy atom. The van der Waals surface area contributed by atoms with E-state index in [-0.39, 0.29) is 12.1 Å². The molecule has 1 fully saturated rings. The number of nitrogens with one attached hydrogen (secondary N) is 3. The molecule has 1 saturated heterocycles. The van der Waals surface area contributed by atoms with Crippen LogP contribution in [-0.4, -0.2) is 42.5 Å². The first kappa shape index (κ1) is 17.7. The monoisotopic (exact) mass is 397 g/mol. The van der Waals surface area contributed by atoms with Gasteiger partial charge >= 0.3 is 0 Å². The number of rotatable bonds is 3. The molecule has 28 heavy (non-hydrogen) atoms. The fourth-order valence-electron chi connectivity index (χ4n) is 4.20. The molecule has 7 nitrogen and oxygen atoms in total. The maximum absolute atomic E-state index is 12.5. The van der Waals surface area contributed by atoms with Crippen LogP contribution in [-0.2, 0) is 16.6 Å². The number of H-pyrrole nitrogens is 1. The number of anilines is 1. The third-order valence-electron chi connectivity index (χ3n) is 5.69. The van der Waals surface area contributed by atoms with E-state index in [4.69, 9.17) is 0 Å². The van der Waals surface area contributed by atoms with E-state index in [2.05, 4.69) is 24.9 Å². The first-order chi connectivity index (χ1) is 13.6. The molecular weight excluding hydrogens is 374 g/mol. The Bertz CT molecular complexity index is 1070. The van der Waals surface area contributed by atoms with Crippen molar-refractivity contribution in [2.45, 2.75) is 30.4 Å². The summed E-state index contributed by atoms with van der Waals surface area (Å²) >= 11 is 0. The normalized spacial score (nSPS) is 22.6. The van der Waals surface area contributed by atoms with Crippen LogP contribution in [0, 0.1) is 5.92 Å². The van der Waals surface area contributed by atoms with E-state index >= 15 is 0 Å². The highest BCUT2D eigenvalue weighted by Crippen LogP contribution is 2.31. The molecule has 0 amide bonds. The molecule has 3 heterocycles. The van der Waals surface area contributed by atoms with E-state index in [9.17, 15) is 8.42 Å². The zero-order valence-corrected chi connectivity index (χ0v) is 16.2. The van der Waals surface area contributed by atoms with Gasteiger partial charge in [0.05, 0.1) is 29.4 Å². The second-order valence-corrected chi connectivity index (χ2v) is 9.24. The second-order valence-electron chi connectivity index (χ2n) is 7.55. The summed E-state index contributed by atoms with van der Waals surface area (Å²) in [6, 6.07) is 15.1. The molecule has 2 aliphatic rings. The molecule has 0 bridgehead atoms. The van der Waals surface area contributed by atoms with Crippen molar-refractivity contribution in [1.29, 1.82) is 0 Å². The van der Waals surface area contributed by atoms with Crippen LogP contribution in [0.1, 0.15) is 18.7 Å². The van der Waals surface area contributed by atoms with Gasteiger partial charge in [-0.3, -0.25) is 4.90 Å². The van der Waals surface area contributed by atoms with Crippen molar-refractivity contribution in [3.8, 4) is 0 Å². The maximum Gasteiger partial charge on any atom is 0.244 e. The molecule has 0 unspecified atom stereocenters. The summed E-state index contributed by atoms with van der Waals surface area (Å²) in [5, 5.41) is 3.38.